The van der Waals surface area contributed by atoms with Crippen molar-refractivity contribution in [3.05, 3.63) is 54.9 Å². The first-order chi connectivity index (χ1) is 9.34. The highest BCUT2D eigenvalue weighted by molar-refractivity contribution is 7.99. The predicted molar refractivity (Wildman–Crippen MR) is 84.7 cm³/mol. The molecule has 0 spiro atoms. The molecule has 0 aliphatic heterocycles. The Balaban J connectivity index is 1.64. The smallest absolute Gasteiger partial charge is 0.0278 e. The minimum absolute atomic E-state index is 0.250. The molecule has 0 saturated carbocycles. The van der Waals surface area contributed by atoms with Gasteiger partial charge in [-0.1, -0.05) is 18.2 Å². The third-order valence-electron chi connectivity index (χ3n) is 2.61. The molecule has 0 unspecified atom stereocenters. The van der Waals surface area contributed by atoms with E-state index in [1.807, 2.05) is 54.1 Å². The first-order valence-electron chi connectivity index (χ1n) is 6.31. The van der Waals surface area contributed by atoms with E-state index in [2.05, 4.69) is 29.2 Å². The van der Waals surface area contributed by atoms with Crippen molar-refractivity contribution in [3.63, 3.8) is 0 Å². The maximum atomic E-state index is 6.14. The molecule has 4 heteroatoms. The van der Waals surface area contributed by atoms with Gasteiger partial charge in [-0.3, -0.25) is 4.98 Å². The highest BCUT2D eigenvalue weighted by Gasteiger charge is 2.04. The van der Waals surface area contributed by atoms with E-state index < -0.39 is 0 Å². The summed E-state index contributed by atoms with van der Waals surface area (Å²) in [7, 11) is 0. The summed E-state index contributed by atoms with van der Waals surface area (Å²) in [5.41, 5.74) is 6.14. The lowest BCUT2D eigenvalue weighted by Crippen LogP contribution is -2.23. The Kier molecular flexibility index (Phi) is 6.27. The first-order valence-corrected chi connectivity index (χ1v) is 8.28. The molecule has 1 atom stereocenters. The van der Waals surface area contributed by atoms with Gasteiger partial charge in [0, 0.05) is 34.0 Å². The van der Waals surface area contributed by atoms with Gasteiger partial charge in [0.2, 0.25) is 0 Å². The quantitative estimate of drug-likeness (QED) is 0.790. The first kappa shape index (κ1) is 14.4. The van der Waals surface area contributed by atoms with Gasteiger partial charge in [0.25, 0.3) is 0 Å². The highest BCUT2D eigenvalue weighted by Crippen LogP contribution is 2.21. The maximum Gasteiger partial charge on any atom is 0.0278 e. The number of thioether (sulfide) groups is 2. The van der Waals surface area contributed by atoms with Crippen molar-refractivity contribution >= 4 is 23.5 Å². The lowest BCUT2D eigenvalue weighted by atomic mass is 10.3. The molecule has 0 bridgehead atoms. The molecule has 0 amide bonds. The summed E-state index contributed by atoms with van der Waals surface area (Å²) in [6, 6.07) is 14.7. The summed E-state index contributed by atoms with van der Waals surface area (Å²) in [4.78, 5) is 6.56. The van der Waals surface area contributed by atoms with Crippen LogP contribution < -0.4 is 5.73 Å². The lowest BCUT2D eigenvalue weighted by Gasteiger charge is -2.10. The monoisotopic (exact) mass is 290 g/mol. The number of nitrogens with two attached hydrogens (primary N) is 1. The van der Waals surface area contributed by atoms with Crippen LogP contribution in [-0.4, -0.2) is 22.5 Å². The summed E-state index contributed by atoms with van der Waals surface area (Å²) in [6.45, 7) is 0. The van der Waals surface area contributed by atoms with Crippen LogP contribution in [0.15, 0.2) is 64.6 Å². The van der Waals surface area contributed by atoms with Gasteiger partial charge in [0.1, 0.15) is 0 Å². The zero-order valence-electron chi connectivity index (χ0n) is 10.7. The normalized spacial score (nSPS) is 12.3. The molecule has 100 valence electrons. The standard InChI is InChI=1S/C15H18N2S2/c16-13(12-19-14-4-2-1-3-5-14)8-11-18-15-6-9-17-10-7-15/h1-7,9-10,13H,8,11-12,16H2/t13-/m1/s1. The van der Waals surface area contributed by atoms with E-state index in [1.54, 1.807) is 0 Å². The number of pyridine rings is 1. The summed E-state index contributed by atoms with van der Waals surface area (Å²) in [5.74, 6) is 2.03. The largest absolute Gasteiger partial charge is 0.327 e. The molecule has 1 heterocycles. The van der Waals surface area contributed by atoms with E-state index >= 15 is 0 Å². The average Bonchev–Trinajstić information content (AvgIpc) is 2.47. The third-order valence-corrected chi connectivity index (χ3v) is 4.86. The van der Waals surface area contributed by atoms with E-state index in [1.165, 1.54) is 9.79 Å². The van der Waals surface area contributed by atoms with Crippen molar-refractivity contribution in [1.29, 1.82) is 0 Å². The second-order valence-corrected chi connectivity index (χ2v) is 6.47. The van der Waals surface area contributed by atoms with Crippen molar-refractivity contribution in [2.45, 2.75) is 22.3 Å². The average molecular weight is 290 g/mol. The summed E-state index contributed by atoms with van der Waals surface area (Å²) in [5, 5.41) is 0. The van der Waals surface area contributed by atoms with Crippen LogP contribution in [0.25, 0.3) is 0 Å². The van der Waals surface area contributed by atoms with Crippen LogP contribution in [0.3, 0.4) is 0 Å². The van der Waals surface area contributed by atoms with Gasteiger partial charge in [-0.25, -0.2) is 0 Å². The molecule has 0 aliphatic rings. The molecule has 2 rings (SSSR count). The molecule has 19 heavy (non-hydrogen) atoms. The Morgan fingerprint density at radius 1 is 0.947 bits per heavy atom. The molecule has 1 aromatic heterocycles. The van der Waals surface area contributed by atoms with Crippen molar-refractivity contribution in [1.82, 2.24) is 4.98 Å². The molecule has 0 fully saturated rings. The van der Waals surface area contributed by atoms with Gasteiger partial charge in [-0.05, 0) is 36.4 Å². The fraction of sp³-hybridized carbons (Fsp3) is 0.267. The summed E-state index contributed by atoms with van der Waals surface area (Å²) < 4.78 is 0. The van der Waals surface area contributed by atoms with Crippen molar-refractivity contribution in [3.8, 4) is 0 Å². The predicted octanol–water partition coefficient (Wildman–Crippen LogP) is 3.68. The number of hydrogen-bond acceptors (Lipinski definition) is 4. The number of benzene rings is 1. The van der Waals surface area contributed by atoms with E-state index in [0.717, 1.165) is 17.9 Å². The van der Waals surface area contributed by atoms with Crippen LogP contribution in [0.5, 0.6) is 0 Å². The van der Waals surface area contributed by atoms with Gasteiger partial charge in [-0.2, -0.15) is 0 Å². The van der Waals surface area contributed by atoms with Gasteiger partial charge < -0.3 is 5.73 Å². The molecule has 0 saturated heterocycles. The zero-order valence-corrected chi connectivity index (χ0v) is 12.4. The Bertz CT molecular complexity index is 462. The maximum absolute atomic E-state index is 6.14. The van der Waals surface area contributed by atoms with Crippen LogP contribution in [-0.2, 0) is 0 Å². The Morgan fingerprint density at radius 2 is 1.63 bits per heavy atom. The Morgan fingerprint density at radius 3 is 2.37 bits per heavy atom. The van der Waals surface area contributed by atoms with Gasteiger partial charge in [0.15, 0.2) is 0 Å². The van der Waals surface area contributed by atoms with Gasteiger partial charge in [-0.15, -0.1) is 23.5 Å². The molecule has 0 aliphatic carbocycles. The SMILES string of the molecule is N[C@H](CCSc1ccncc1)CSc1ccccc1. The second kappa shape index (κ2) is 8.25. The fourth-order valence-corrected chi connectivity index (χ4v) is 3.46. The van der Waals surface area contributed by atoms with Crippen LogP contribution in [0, 0.1) is 0 Å². The number of aromatic nitrogens is 1. The lowest BCUT2D eigenvalue weighted by molar-refractivity contribution is 0.731. The van der Waals surface area contributed by atoms with Crippen molar-refractivity contribution in [2.75, 3.05) is 11.5 Å². The van der Waals surface area contributed by atoms with E-state index in [4.69, 9.17) is 5.73 Å². The topological polar surface area (TPSA) is 38.9 Å². The second-order valence-electron chi connectivity index (χ2n) is 4.20. The highest BCUT2D eigenvalue weighted by atomic mass is 32.2. The van der Waals surface area contributed by atoms with Crippen LogP contribution in [0.1, 0.15) is 6.42 Å². The summed E-state index contributed by atoms with van der Waals surface area (Å²) in [6.07, 6.45) is 4.69. The molecule has 2 N–H and O–H groups in total. The van der Waals surface area contributed by atoms with Crippen molar-refractivity contribution in [2.24, 2.45) is 5.73 Å². The van der Waals surface area contributed by atoms with Gasteiger partial charge in [0.05, 0.1) is 0 Å². The summed E-state index contributed by atoms with van der Waals surface area (Å²) >= 11 is 3.67. The van der Waals surface area contributed by atoms with Crippen molar-refractivity contribution < 1.29 is 0 Å². The van der Waals surface area contributed by atoms with Gasteiger partial charge >= 0.3 is 0 Å². The Labute approximate surface area is 123 Å². The van der Waals surface area contributed by atoms with E-state index in [-0.39, 0.29) is 6.04 Å². The van der Waals surface area contributed by atoms with Crippen LogP contribution in [0.4, 0.5) is 0 Å². The zero-order chi connectivity index (χ0) is 13.3. The Hall–Kier alpha value is -0.970. The minimum Gasteiger partial charge on any atom is -0.327 e. The number of rotatable bonds is 7. The molecule has 2 nitrogen and oxygen atoms in total. The molecular weight excluding hydrogens is 272 g/mol. The third kappa shape index (κ3) is 5.68. The van der Waals surface area contributed by atoms with Crippen LogP contribution in [0.2, 0.25) is 0 Å². The molecule has 0 radical (unpaired) electrons. The number of hydrogen-bond donors (Lipinski definition) is 1. The molecule has 2 aromatic rings. The van der Waals surface area contributed by atoms with E-state index in [9.17, 15) is 0 Å². The molecular formula is C15H18N2S2. The number of nitrogens with zero attached hydrogens (tertiary/aromatic N) is 1. The van der Waals surface area contributed by atoms with Crippen LogP contribution >= 0.6 is 23.5 Å². The minimum atomic E-state index is 0.250. The molecule has 1 aromatic carbocycles. The fourth-order valence-electron chi connectivity index (χ4n) is 1.57. The van der Waals surface area contributed by atoms with E-state index in [0.29, 0.717) is 0 Å².